The number of aliphatic hydroxyl groups is 1. The fraction of sp³-hybridized carbons (Fsp3) is 0.368. The summed E-state index contributed by atoms with van der Waals surface area (Å²) in [6.07, 6.45) is 4.61. The standard InChI is InChI=1S/C19H19Cl2NO4/c1-25-18-5-2-11(6-19(18)26-13-4-3-12(23)7-13)17(24)8-14-15(20)9-22-10-16(14)21/h2,5-6,9-10,12-13,23H,3-4,7-8H2,1H3/t12-,13-/m0/s1. The fourth-order valence-electron chi connectivity index (χ4n) is 3.02. The highest BCUT2D eigenvalue weighted by Gasteiger charge is 2.25. The lowest BCUT2D eigenvalue weighted by Gasteiger charge is -2.17. The van der Waals surface area contributed by atoms with E-state index in [4.69, 9.17) is 32.7 Å². The second-order valence-electron chi connectivity index (χ2n) is 6.25. The predicted molar refractivity (Wildman–Crippen MR) is 99.6 cm³/mol. The van der Waals surface area contributed by atoms with Crippen LogP contribution in [0.2, 0.25) is 10.0 Å². The van der Waals surface area contributed by atoms with Gasteiger partial charge in [0.15, 0.2) is 17.3 Å². The molecule has 7 heteroatoms. The van der Waals surface area contributed by atoms with Crippen LogP contribution in [-0.2, 0) is 6.42 Å². The van der Waals surface area contributed by atoms with Gasteiger partial charge in [-0.1, -0.05) is 23.2 Å². The summed E-state index contributed by atoms with van der Waals surface area (Å²) in [5.74, 6) is 0.895. The molecule has 2 aromatic rings. The first-order valence-corrected chi connectivity index (χ1v) is 9.07. The van der Waals surface area contributed by atoms with E-state index in [1.54, 1.807) is 25.3 Å². The summed E-state index contributed by atoms with van der Waals surface area (Å²) in [4.78, 5) is 16.6. The summed E-state index contributed by atoms with van der Waals surface area (Å²) >= 11 is 12.2. The van der Waals surface area contributed by atoms with Crippen LogP contribution in [0.3, 0.4) is 0 Å². The highest BCUT2D eigenvalue weighted by atomic mass is 35.5. The first-order chi connectivity index (χ1) is 12.5. The Balaban J connectivity index is 1.81. The summed E-state index contributed by atoms with van der Waals surface area (Å²) in [6.45, 7) is 0. The number of carbonyl (C=O) groups excluding carboxylic acids is 1. The van der Waals surface area contributed by atoms with Gasteiger partial charge in [-0.15, -0.1) is 0 Å². The molecule has 1 aromatic heterocycles. The molecule has 26 heavy (non-hydrogen) atoms. The lowest BCUT2D eigenvalue weighted by atomic mass is 10.0. The molecule has 1 aliphatic rings. The Hall–Kier alpha value is -1.82. The number of aliphatic hydroxyl groups excluding tert-OH is 1. The average molecular weight is 396 g/mol. The summed E-state index contributed by atoms with van der Waals surface area (Å²) in [7, 11) is 1.55. The second kappa shape index (κ2) is 8.25. The number of ether oxygens (including phenoxy) is 2. The molecular formula is C19H19Cl2NO4. The Morgan fingerprint density at radius 1 is 1.23 bits per heavy atom. The van der Waals surface area contributed by atoms with E-state index in [1.165, 1.54) is 12.4 Å². The first kappa shape index (κ1) is 19.0. The molecule has 1 aliphatic carbocycles. The largest absolute Gasteiger partial charge is 0.493 e. The van der Waals surface area contributed by atoms with Gasteiger partial charge in [0.25, 0.3) is 0 Å². The van der Waals surface area contributed by atoms with E-state index in [1.807, 2.05) is 0 Å². The minimum Gasteiger partial charge on any atom is -0.493 e. The third-order valence-electron chi connectivity index (χ3n) is 4.43. The third-order valence-corrected chi connectivity index (χ3v) is 5.08. The Bertz CT molecular complexity index is 792. The lowest BCUT2D eigenvalue weighted by molar-refractivity contribution is 0.0991. The number of halogens is 2. The van der Waals surface area contributed by atoms with E-state index in [-0.39, 0.29) is 24.4 Å². The van der Waals surface area contributed by atoms with E-state index < -0.39 is 0 Å². The molecule has 0 spiro atoms. The zero-order valence-electron chi connectivity index (χ0n) is 14.2. The van der Waals surface area contributed by atoms with Gasteiger partial charge in [0.05, 0.1) is 23.3 Å². The SMILES string of the molecule is COc1ccc(C(=O)Cc2c(Cl)cncc2Cl)cc1O[C@H]1CC[C@H](O)C1. The van der Waals surface area contributed by atoms with Crippen LogP contribution in [0.5, 0.6) is 11.5 Å². The van der Waals surface area contributed by atoms with Crippen molar-refractivity contribution >= 4 is 29.0 Å². The molecule has 0 saturated heterocycles. The maximum atomic E-state index is 12.7. The van der Waals surface area contributed by atoms with Crippen LogP contribution in [-0.4, -0.2) is 35.2 Å². The van der Waals surface area contributed by atoms with E-state index in [0.717, 1.165) is 6.42 Å². The molecule has 3 rings (SSSR count). The second-order valence-corrected chi connectivity index (χ2v) is 7.07. The van der Waals surface area contributed by atoms with E-state index >= 15 is 0 Å². The molecule has 1 heterocycles. The summed E-state index contributed by atoms with van der Waals surface area (Å²) in [5.41, 5.74) is 1.02. The van der Waals surface area contributed by atoms with Crippen LogP contribution in [0.25, 0.3) is 0 Å². The van der Waals surface area contributed by atoms with Crippen molar-refractivity contribution in [1.82, 2.24) is 4.98 Å². The number of aromatic nitrogens is 1. The quantitative estimate of drug-likeness (QED) is 0.745. The zero-order chi connectivity index (χ0) is 18.7. The number of Topliss-reactive ketones (excluding diaryl/α,β-unsaturated/α-hetero) is 1. The number of nitrogens with zero attached hydrogens (tertiary/aromatic N) is 1. The number of pyridine rings is 1. The van der Waals surface area contributed by atoms with Crippen molar-refractivity contribution in [3.63, 3.8) is 0 Å². The van der Waals surface area contributed by atoms with Crippen LogP contribution >= 0.6 is 23.2 Å². The number of carbonyl (C=O) groups is 1. The van der Waals surface area contributed by atoms with Crippen LogP contribution in [0.15, 0.2) is 30.6 Å². The number of hydrogen-bond donors (Lipinski definition) is 1. The summed E-state index contributed by atoms with van der Waals surface area (Å²) in [6, 6.07) is 5.04. The predicted octanol–water partition coefficient (Wildman–Crippen LogP) is 4.11. The normalized spacial score (nSPS) is 19.4. The first-order valence-electron chi connectivity index (χ1n) is 8.31. The Kier molecular flexibility index (Phi) is 6.01. The summed E-state index contributed by atoms with van der Waals surface area (Å²) < 4.78 is 11.3. The van der Waals surface area contributed by atoms with Gasteiger partial charge in [0, 0.05) is 36.4 Å². The number of rotatable bonds is 6. The van der Waals surface area contributed by atoms with Crippen molar-refractivity contribution in [1.29, 1.82) is 0 Å². The highest BCUT2D eigenvalue weighted by molar-refractivity contribution is 6.36. The molecule has 1 N–H and O–H groups in total. The van der Waals surface area contributed by atoms with E-state index in [2.05, 4.69) is 4.98 Å². The van der Waals surface area contributed by atoms with Gasteiger partial charge in [-0.2, -0.15) is 0 Å². The van der Waals surface area contributed by atoms with Crippen molar-refractivity contribution in [3.8, 4) is 11.5 Å². The molecule has 0 aliphatic heterocycles. The lowest BCUT2D eigenvalue weighted by Crippen LogP contribution is -2.14. The van der Waals surface area contributed by atoms with Crippen molar-refractivity contribution in [2.45, 2.75) is 37.9 Å². The van der Waals surface area contributed by atoms with Gasteiger partial charge >= 0.3 is 0 Å². The van der Waals surface area contributed by atoms with Crippen molar-refractivity contribution in [3.05, 3.63) is 51.8 Å². The smallest absolute Gasteiger partial charge is 0.167 e. The van der Waals surface area contributed by atoms with Crippen LogP contribution < -0.4 is 9.47 Å². The molecule has 1 aromatic carbocycles. The molecular weight excluding hydrogens is 377 g/mol. The maximum absolute atomic E-state index is 12.7. The van der Waals surface area contributed by atoms with Gasteiger partial charge in [0.1, 0.15) is 6.10 Å². The monoisotopic (exact) mass is 395 g/mol. The summed E-state index contributed by atoms with van der Waals surface area (Å²) in [5, 5.41) is 10.4. The number of methoxy groups -OCH3 is 1. The topological polar surface area (TPSA) is 68.7 Å². The van der Waals surface area contributed by atoms with Gasteiger partial charge < -0.3 is 14.6 Å². The van der Waals surface area contributed by atoms with Crippen LogP contribution in [0.4, 0.5) is 0 Å². The highest BCUT2D eigenvalue weighted by Crippen LogP contribution is 2.33. The minimum atomic E-state index is -0.341. The van der Waals surface area contributed by atoms with Crippen LogP contribution in [0, 0.1) is 0 Å². The zero-order valence-corrected chi connectivity index (χ0v) is 15.8. The molecule has 0 unspecified atom stereocenters. The van der Waals surface area contributed by atoms with E-state index in [9.17, 15) is 9.90 Å². The molecule has 1 fully saturated rings. The molecule has 2 atom stereocenters. The number of benzene rings is 1. The maximum Gasteiger partial charge on any atom is 0.167 e. The molecule has 138 valence electrons. The van der Waals surface area contributed by atoms with Gasteiger partial charge in [-0.3, -0.25) is 9.78 Å². The third kappa shape index (κ3) is 4.29. The van der Waals surface area contributed by atoms with E-state index in [0.29, 0.717) is 45.5 Å². The minimum absolute atomic E-state index is 0.0636. The van der Waals surface area contributed by atoms with Gasteiger partial charge in [-0.05, 0) is 31.0 Å². The van der Waals surface area contributed by atoms with Crippen molar-refractivity contribution in [2.24, 2.45) is 0 Å². The number of hydrogen-bond acceptors (Lipinski definition) is 5. The molecule has 0 bridgehead atoms. The average Bonchev–Trinajstić information content (AvgIpc) is 3.03. The molecule has 5 nitrogen and oxygen atoms in total. The van der Waals surface area contributed by atoms with Gasteiger partial charge in [-0.25, -0.2) is 0 Å². The van der Waals surface area contributed by atoms with Gasteiger partial charge in [0.2, 0.25) is 0 Å². The molecule has 1 saturated carbocycles. The number of ketones is 1. The van der Waals surface area contributed by atoms with Crippen molar-refractivity contribution in [2.75, 3.05) is 7.11 Å². The fourth-order valence-corrected chi connectivity index (χ4v) is 3.51. The van der Waals surface area contributed by atoms with Crippen LogP contribution in [0.1, 0.15) is 35.2 Å². The Labute approximate surface area is 161 Å². The Morgan fingerprint density at radius 2 is 1.96 bits per heavy atom. The van der Waals surface area contributed by atoms with Crippen molar-refractivity contribution < 1.29 is 19.4 Å². The Morgan fingerprint density at radius 3 is 2.58 bits per heavy atom. The molecule has 0 radical (unpaired) electrons. The molecule has 0 amide bonds.